The molecule has 0 fully saturated rings. The summed E-state index contributed by atoms with van der Waals surface area (Å²) in [6.07, 6.45) is 8.03. The standard InChI is InChI=1S/C14H29S/c1-5-6-11-15-12-10-14(4)9-7-8-13(2)3/h13-14H,1,5-12H2,2-4H3. The van der Waals surface area contributed by atoms with Gasteiger partial charge in [0.1, 0.15) is 0 Å². The topological polar surface area (TPSA) is 0 Å². The molecule has 0 aromatic heterocycles. The Morgan fingerprint density at radius 1 is 0.933 bits per heavy atom. The van der Waals surface area contributed by atoms with Crippen molar-refractivity contribution in [3.8, 4) is 0 Å². The first-order valence-electron chi connectivity index (χ1n) is 6.53. The normalized spacial score (nSPS) is 13.4. The zero-order chi connectivity index (χ0) is 11.5. The van der Waals surface area contributed by atoms with Gasteiger partial charge in [0.15, 0.2) is 0 Å². The minimum atomic E-state index is 0.878. The molecule has 0 saturated carbocycles. The average molecular weight is 229 g/mol. The summed E-state index contributed by atoms with van der Waals surface area (Å²) in [4.78, 5) is 0. The van der Waals surface area contributed by atoms with Crippen LogP contribution in [0.1, 0.15) is 59.3 Å². The van der Waals surface area contributed by atoms with Gasteiger partial charge in [-0.05, 0) is 36.2 Å². The molecular weight excluding hydrogens is 200 g/mol. The molecule has 0 rings (SSSR count). The predicted molar refractivity (Wildman–Crippen MR) is 74.4 cm³/mol. The molecule has 0 N–H and O–H groups in total. The van der Waals surface area contributed by atoms with E-state index in [0.29, 0.717) is 0 Å². The highest BCUT2D eigenvalue weighted by Crippen LogP contribution is 2.17. The van der Waals surface area contributed by atoms with Gasteiger partial charge in [0.2, 0.25) is 0 Å². The zero-order valence-electron chi connectivity index (χ0n) is 10.9. The monoisotopic (exact) mass is 229 g/mol. The van der Waals surface area contributed by atoms with Crippen LogP contribution in [-0.4, -0.2) is 11.5 Å². The molecule has 1 atom stereocenters. The molecule has 0 nitrogen and oxygen atoms in total. The first-order valence-corrected chi connectivity index (χ1v) is 7.69. The SMILES string of the molecule is [CH2]CCCSCCC(C)CCCC(C)C. The minimum absolute atomic E-state index is 0.878. The summed E-state index contributed by atoms with van der Waals surface area (Å²) < 4.78 is 0. The Hall–Kier alpha value is 0.350. The molecule has 0 heterocycles. The molecule has 0 amide bonds. The maximum Gasteiger partial charge on any atom is -0.00650 e. The lowest BCUT2D eigenvalue weighted by molar-refractivity contribution is 0.451. The van der Waals surface area contributed by atoms with Gasteiger partial charge in [0.25, 0.3) is 0 Å². The molecule has 15 heavy (non-hydrogen) atoms. The largest absolute Gasteiger partial charge is 0.162 e. The van der Waals surface area contributed by atoms with Gasteiger partial charge in [0, 0.05) is 0 Å². The summed E-state index contributed by atoms with van der Waals surface area (Å²) in [5.74, 6) is 4.46. The van der Waals surface area contributed by atoms with Gasteiger partial charge >= 0.3 is 0 Å². The Bertz CT molecular complexity index is 121. The molecule has 0 aromatic carbocycles. The van der Waals surface area contributed by atoms with E-state index in [4.69, 9.17) is 0 Å². The molecule has 0 bridgehead atoms. The van der Waals surface area contributed by atoms with Crippen LogP contribution in [0, 0.1) is 18.8 Å². The van der Waals surface area contributed by atoms with Crippen LogP contribution in [0.5, 0.6) is 0 Å². The molecule has 0 saturated heterocycles. The van der Waals surface area contributed by atoms with Crippen LogP contribution in [-0.2, 0) is 0 Å². The van der Waals surface area contributed by atoms with E-state index in [9.17, 15) is 0 Å². The van der Waals surface area contributed by atoms with Crippen molar-refractivity contribution in [2.24, 2.45) is 11.8 Å². The van der Waals surface area contributed by atoms with E-state index in [1.165, 1.54) is 43.6 Å². The van der Waals surface area contributed by atoms with Crippen molar-refractivity contribution in [1.82, 2.24) is 0 Å². The first-order chi connectivity index (χ1) is 7.16. The zero-order valence-corrected chi connectivity index (χ0v) is 11.7. The highest BCUT2D eigenvalue weighted by atomic mass is 32.2. The molecule has 0 aromatic rings. The van der Waals surface area contributed by atoms with Gasteiger partial charge in [0.05, 0.1) is 0 Å². The van der Waals surface area contributed by atoms with Gasteiger partial charge in [-0.25, -0.2) is 0 Å². The quantitative estimate of drug-likeness (QED) is 0.465. The van der Waals surface area contributed by atoms with E-state index in [0.717, 1.165) is 18.3 Å². The Balaban J connectivity index is 3.15. The third kappa shape index (κ3) is 12.3. The Kier molecular flexibility index (Phi) is 11.1. The fourth-order valence-electron chi connectivity index (χ4n) is 1.61. The van der Waals surface area contributed by atoms with Crippen molar-refractivity contribution in [3.05, 3.63) is 6.92 Å². The van der Waals surface area contributed by atoms with E-state index in [1.54, 1.807) is 0 Å². The van der Waals surface area contributed by atoms with Crippen molar-refractivity contribution < 1.29 is 0 Å². The van der Waals surface area contributed by atoms with Crippen LogP contribution < -0.4 is 0 Å². The highest BCUT2D eigenvalue weighted by Gasteiger charge is 2.02. The Morgan fingerprint density at radius 2 is 1.67 bits per heavy atom. The van der Waals surface area contributed by atoms with Crippen molar-refractivity contribution >= 4 is 11.8 Å². The van der Waals surface area contributed by atoms with Crippen molar-refractivity contribution in [3.63, 3.8) is 0 Å². The van der Waals surface area contributed by atoms with Crippen LogP contribution in [0.25, 0.3) is 0 Å². The van der Waals surface area contributed by atoms with Gasteiger partial charge in [-0.2, -0.15) is 11.8 Å². The van der Waals surface area contributed by atoms with Crippen molar-refractivity contribution in [2.45, 2.75) is 59.3 Å². The summed E-state index contributed by atoms with van der Waals surface area (Å²) in [6.45, 7) is 10.9. The fraction of sp³-hybridized carbons (Fsp3) is 0.929. The molecule has 91 valence electrons. The number of unbranched alkanes of at least 4 members (excludes halogenated alkanes) is 1. The van der Waals surface area contributed by atoms with Gasteiger partial charge < -0.3 is 0 Å². The van der Waals surface area contributed by atoms with Crippen molar-refractivity contribution in [2.75, 3.05) is 11.5 Å². The molecule has 1 heteroatoms. The fourth-order valence-corrected chi connectivity index (χ4v) is 2.79. The van der Waals surface area contributed by atoms with Crippen LogP contribution in [0.15, 0.2) is 0 Å². The summed E-state index contributed by atoms with van der Waals surface area (Å²) in [5.41, 5.74) is 0. The molecule has 0 aliphatic carbocycles. The maximum atomic E-state index is 3.86. The molecule has 0 aliphatic rings. The third-order valence-corrected chi connectivity index (χ3v) is 3.87. The Morgan fingerprint density at radius 3 is 2.27 bits per heavy atom. The van der Waals surface area contributed by atoms with E-state index >= 15 is 0 Å². The molecule has 1 unspecified atom stereocenters. The smallest absolute Gasteiger partial charge is 0.00650 e. The summed E-state index contributed by atoms with van der Waals surface area (Å²) in [5, 5.41) is 0. The second-order valence-electron chi connectivity index (χ2n) is 5.04. The molecular formula is C14H29S. The van der Waals surface area contributed by atoms with E-state index < -0.39 is 0 Å². The molecule has 1 radical (unpaired) electrons. The van der Waals surface area contributed by atoms with E-state index in [1.807, 2.05) is 0 Å². The van der Waals surface area contributed by atoms with Crippen LogP contribution in [0.3, 0.4) is 0 Å². The van der Waals surface area contributed by atoms with E-state index in [2.05, 4.69) is 39.5 Å². The molecule has 0 spiro atoms. The summed E-state index contributed by atoms with van der Waals surface area (Å²) in [7, 11) is 0. The van der Waals surface area contributed by atoms with Gasteiger partial charge in [-0.1, -0.05) is 53.4 Å². The second kappa shape index (κ2) is 10.9. The van der Waals surface area contributed by atoms with Gasteiger partial charge in [-0.3, -0.25) is 0 Å². The lowest BCUT2D eigenvalue weighted by Gasteiger charge is -2.11. The summed E-state index contributed by atoms with van der Waals surface area (Å²) >= 11 is 2.11. The summed E-state index contributed by atoms with van der Waals surface area (Å²) in [6, 6.07) is 0. The van der Waals surface area contributed by atoms with Gasteiger partial charge in [-0.15, -0.1) is 0 Å². The van der Waals surface area contributed by atoms with Crippen LogP contribution in [0.4, 0.5) is 0 Å². The highest BCUT2D eigenvalue weighted by molar-refractivity contribution is 7.99. The number of hydrogen-bond acceptors (Lipinski definition) is 1. The number of thioether (sulfide) groups is 1. The minimum Gasteiger partial charge on any atom is -0.162 e. The Labute approximate surface area is 102 Å². The lowest BCUT2D eigenvalue weighted by Crippen LogP contribution is -1.98. The maximum absolute atomic E-state index is 3.86. The van der Waals surface area contributed by atoms with E-state index in [-0.39, 0.29) is 0 Å². The van der Waals surface area contributed by atoms with Crippen LogP contribution in [0.2, 0.25) is 0 Å². The lowest BCUT2D eigenvalue weighted by atomic mass is 9.98. The van der Waals surface area contributed by atoms with Crippen molar-refractivity contribution in [1.29, 1.82) is 0 Å². The number of hydrogen-bond donors (Lipinski definition) is 0. The predicted octanol–water partition coefficient (Wildman–Crippen LogP) is 5.19. The van der Waals surface area contributed by atoms with Crippen LogP contribution >= 0.6 is 11.8 Å². The second-order valence-corrected chi connectivity index (χ2v) is 6.26. The number of rotatable bonds is 10. The average Bonchev–Trinajstić information content (AvgIpc) is 2.17. The third-order valence-electron chi connectivity index (χ3n) is 2.77. The first kappa shape index (κ1) is 15.3. The molecule has 0 aliphatic heterocycles.